The average molecular weight is 374 g/mol. The zero-order chi connectivity index (χ0) is 19.8. The van der Waals surface area contributed by atoms with Crippen molar-refractivity contribution < 1.29 is 28.7 Å². The van der Waals surface area contributed by atoms with Crippen LogP contribution in [0.2, 0.25) is 0 Å². The Bertz CT molecular complexity index is 811. The molecule has 0 unspecified atom stereocenters. The fourth-order valence-electron chi connectivity index (χ4n) is 3.15. The minimum atomic E-state index is -0.659. The van der Waals surface area contributed by atoms with Crippen molar-refractivity contribution in [3.8, 4) is 5.75 Å². The molecule has 0 spiro atoms. The summed E-state index contributed by atoms with van der Waals surface area (Å²) in [6, 6.07) is 4.25. The number of hydrogen-bond acceptors (Lipinski definition) is 6. The summed E-state index contributed by atoms with van der Waals surface area (Å²) >= 11 is 0. The fraction of sp³-hybridized carbons (Fsp3) is 0.474. The van der Waals surface area contributed by atoms with Gasteiger partial charge in [0.2, 0.25) is 11.8 Å². The van der Waals surface area contributed by atoms with Crippen molar-refractivity contribution in [1.82, 2.24) is 10.2 Å². The molecule has 1 N–H and O–H groups in total. The molecule has 3 rings (SSSR count). The summed E-state index contributed by atoms with van der Waals surface area (Å²) in [6.07, 6.45) is 0.521. The summed E-state index contributed by atoms with van der Waals surface area (Å²) in [5, 5.41) is 2.27. The van der Waals surface area contributed by atoms with Crippen LogP contribution in [-0.4, -0.2) is 46.8 Å². The highest BCUT2D eigenvalue weighted by Crippen LogP contribution is 2.30. The zero-order valence-electron chi connectivity index (χ0n) is 15.5. The van der Waals surface area contributed by atoms with E-state index >= 15 is 0 Å². The van der Waals surface area contributed by atoms with E-state index in [1.54, 1.807) is 39.0 Å². The van der Waals surface area contributed by atoms with Crippen molar-refractivity contribution in [3.05, 3.63) is 29.3 Å². The zero-order valence-corrected chi connectivity index (χ0v) is 15.5. The van der Waals surface area contributed by atoms with Crippen molar-refractivity contribution in [3.63, 3.8) is 0 Å². The van der Waals surface area contributed by atoms with Crippen molar-refractivity contribution in [2.75, 3.05) is 6.61 Å². The molecule has 2 heterocycles. The van der Waals surface area contributed by atoms with Gasteiger partial charge in [-0.3, -0.25) is 19.7 Å². The van der Waals surface area contributed by atoms with Gasteiger partial charge in [-0.05, 0) is 51.0 Å². The first kappa shape index (κ1) is 18.9. The molecule has 1 aromatic carbocycles. The highest BCUT2D eigenvalue weighted by atomic mass is 16.6. The molecule has 1 fully saturated rings. The molecule has 8 heteroatoms. The highest BCUT2D eigenvalue weighted by Gasteiger charge is 2.39. The summed E-state index contributed by atoms with van der Waals surface area (Å²) in [7, 11) is 0. The van der Waals surface area contributed by atoms with Gasteiger partial charge in [0.15, 0.2) is 6.61 Å². The number of ether oxygens (including phenoxy) is 2. The third-order valence-electron chi connectivity index (χ3n) is 4.27. The molecular formula is C19H22N2O6. The third-order valence-corrected chi connectivity index (χ3v) is 4.27. The van der Waals surface area contributed by atoms with Crippen LogP contribution in [0.4, 0.5) is 0 Å². The monoisotopic (exact) mass is 374 g/mol. The van der Waals surface area contributed by atoms with Gasteiger partial charge >= 0.3 is 5.97 Å². The second kappa shape index (κ2) is 7.02. The molecule has 0 aliphatic carbocycles. The maximum absolute atomic E-state index is 12.6. The molecule has 2 aliphatic rings. The first-order valence-corrected chi connectivity index (χ1v) is 8.76. The molecule has 144 valence electrons. The summed E-state index contributed by atoms with van der Waals surface area (Å²) < 4.78 is 10.6. The quantitative estimate of drug-likeness (QED) is 0.627. The van der Waals surface area contributed by atoms with E-state index in [9.17, 15) is 19.2 Å². The number of piperidine rings is 1. The van der Waals surface area contributed by atoms with E-state index in [0.29, 0.717) is 23.3 Å². The van der Waals surface area contributed by atoms with E-state index in [-0.39, 0.29) is 31.4 Å². The number of rotatable bonds is 4. The number of carbonyl (C=O) groups is 4. The summed E-state index contributed by atoms with van der Waals surface area (Å²) in [4.78, 5) is 49.2. The number of carbonyl (C=O) groups excluding carboxylic acids is 4. The van der Waals surface area contributed by atoms with E-state index in [2.05, 4.69) is 5.32 Å². The largest absolute Gasteiger partial charge is 0.482 e. The van der Waals surface area contributed by atoms with Gasteiger partial charge in [0, 0.05) is 18.5 Å². The summed E-state index contributed by atoms with van der Waals surface area (Å²) in [5.74, 6) is -1.06. The molecular weight excluding hydrogens is 352 g/mol. The lowest BCUT2D eigenvalue weighted by molar-refractivity contribution is -0.157. The topological polar surface area (TPSA) is 102 Å². The van der Waals surface area contributed by atoms with Gasteiger partial charge in [-0.25, -0.2) is 4.79 Å². The van der Waals surface area contributed by atoms with Crippen LogP contribution < -0.4 is 10.1 Å². The number of imide groups is 1. The standard InChI is InChI=1S/C19H22N2O6/c1-19(2,3)27-16(23)10-26-12-4-5-13-11(8-12)9-21(18(13)25)14-6-7-15(22)20-17(14)24/h4-5,8,14H,6-7,9-10H2,1-3H3,(H,20,22,24)/t14-/m0/s1. The Morgan fingerprint density at radius 3 is 2.67 bits per heavy atom. The van der Waals surface area contributed by atoms with E-state index in [1.807, 2.05) is 0 Å². The Morgan fingerprint density at radius 1 is 1.26 bits per heavy atom. The smallest absolute Gasteiger partial charge is 0.344 e. The van der Waals surface area contributed by atoms with Gasteiger partial charge in [-0.2, -0.15) is 0 Å². The molecule has 0 saturated carbocycles. The van der Waals surface area contributed by atoms with Crippen LogP contribution in [0.1, 0.15) is 49.5 Å². The Morgan fingerprint density at radius 2 is 2.00 bits per heavy atom. The van der Waals surface area contributed by atoms with E-state index in [0.717, 1.165) is 0 Å². The first-order chi connectivity index (χ1) is 12.6. The molecule has 3 amide bonds. The Kier molecular flexibility index (Phi) is 4.91. The predicted molar refractivity (Wildman–Crippen MR) is 93.8 cm³/mol. The van der Waals surface area contributed by atoms with Gasteiger partial charge in [-0.15, -0.1) is 0 Å². The minimum Gasteiger partial charge on any atom is -0.482 e. The molecule has 0 radical (unpaired) electrons. The third kappa shape index (κ3) is 4.27. The van der Waals surface area contributed by atoms with Gasteiger partial charge in [0.25, 0.3) is 5.91 Å². The van der Waals surface area contributed by atoms with Crippen molar-refractivity contribution in [1.29, 1.82) is 0 Å². The van der Waals surface area contributed by atoms with Gasteiger partial charge in [0.1, 0.15) is 17.4 Å². The van der Waals surface area contributed by atoms with Crippen LogP contribution in [0.15, 0.2) is 18.2 Å². The van der Waals surface area contributed by atoms with Crippen LogP contribution in [0.5, 0.6) is 5.75 Å². The van der Waals surface area contributed by atoms with Gasteiger partial charge in [0.05, 0.1) is 0 Å². The molecule has 1 aromatic rings. The molecule has 2 aliphatic heterocycles. The molecule has 1 atom stereocenters. The number of esters is 1. The molecule has 0 aromatic heterocycles. The highest BCUT2D eigenvalue weighted by molar-refractivity contribution is 6.05. The number of nitrogens with one attached hydrogen (secondary N) is 1. The molecule has 8 nitrogen and oxygen atoms in total. The van der Waals surface area contributed by atoms with Crippen LogP contribution in [0, 0.1) is 0 Å². The van der Waals surface area contributed by atoms with Crippen LogP contribution in [0.3, 0.4) is 0 Å². The fourth-order valence-corrected chi connectivity index (χ4v) is 3.15. The lowest BCUT2D eigenvalue weighted by atomic mass is 10.0. The maximum atomic E-state index is 12.6. The lowest BCUT2D eigenvalue weighted by Gasteiger charge is -2.29. The first-order valence-electron chi connectivity index (χ1n) is 8.76. The lowest BCUT2D eigenvalue weighted by Crippen LogP contribution is -2.52. The van der Waals surface area contributed by atoms with Crippen LogP contribution in [-0.2, 0) is 25.7 Å². The number of hydrogen-bond donors (Lipinski definition) is 1. The predicted octanol–water partition coefficient (Wildman–Crippen LogP) is 1.17. The Labute approximate surface area is 156 Å². The van der Waals surface area contributed by atoms with Crippen molar-refractivity contribution >= 4 is 23.7 Å². The van der Waals surface area contributed by atoms with Crippen LogP contribution in [0.25, 0.3) is 0 Å². The van der Waals surface area contributed by atoms with Crippen molar-refractivity contribution in [2.24, 2.45) is 0 Å². The summed E-state index contributed by atoms with van der Waals surface area (Å²) in [6.45, 7) is 5.34. The van der Waals surface area contributed by atoms with E-state index in [1.165, 1.54) is 4.90 Å². The average Bonchev–Trinajstić information content (AvgIpc) is 2.88. The normalized spacial score (nSPS) is 19.6. The SMILES string of the molecule is CC(C)(C)OC(=O)COc1ccc2c(c1)CN([C@H]1CCC(=O)NC1=O)C2=O. The molecule has 1 saturated heterocycles. The maximum Gasteiger partial charge on any atom is 0.344 e. The van der Waals surface area contributed by atoms with E-state index in [4.69, 9.17) is 9.47 Å². The Balaban J connectivity index is 1.66. The number of fused-ring (bicyclic) bond motifs is 1. The Hall–Kier alpha value is -2.90. The number of amides is 3. The second-order valence-corrected chi connectivity index (χ2v) is 7.59. The van der Waals surface area contributed by atoms with Crippen molar-refractivity contribution in [2.45, 2.75) is 51.8 Å². The number of nitrogens with zero attached hydrogens (tertiary/aromatic N) is 1. The number of benzene rings is 1. The van der Waals surface area contributed by atoms with Gasteiger partial charge in [-0.1, -0.05) is 0 Å². The van der Waals surface area contributed by atoms with E-state index < -0.39 is 23.5 Å². The molecule has 27 heavy (non-hydrogen) atoms. The summed E-state index contributed by atoms with van der Waals surface area (Å²) in [5.41, 5.74) is 0.614. The second-order valence-electron chi connectivity index (χ2n) is 7.59. The minimum absolute atomic E-state index is 0.209. The van der Waals surface area contributed by atoms with Gasteiger partial charge < -0.3 is 14.4 Å². The molecule has 0 bridgehead atoms. The van der Waals surface area contributed by atoms with Crippen LogP contribution >= 0.6 is 0 Å².